The monoisotopic (exact) mass is 289 g/mol. The number of aromatic nitrogens is 2. The Hall–Kier alpha value is -1.68. The Morgan fingerprint density at radius 3 is 2.67 bits per heavy atom. The third kappa shape index (κ3) is 4.39. The van der Waals surface area contributed by atoms with E-state index in [9.17, 15) is 4.39 Å². The molecule has 0 bridgehead atoms. The van der Waals surface area contributed by atoms with Crippen LogP contribution in [0.4, 0.5) is 4.39 Å². The number of nitrogens with zero attached hydrogens (tertiary/aromatic N) is 2. The smallest absolute Gasteiger partial charge is 0.123 e. The molecule has 0 saturated carbocycles. The van der Waals surface area contributed by atoms with Crippen LogP contribution in [0.1, 0.15) is 36.2 Å². The van der Waals surface area contributed by atoms with Gasteiger partial charge in [0.15, 0.2) is 0 Å². The van der Waals surface area contributed by atoms with E-state index >= 15 is 0 Å². The predicted octanol–water partition coefficient (Wildman–Crippen LogP) is 3.43. The topological polar surface area (TPSA) is 29.9 Å². The molecule has 0 aliphatic carbocycles. The highest BCUT2D eigenvalue weighted by Gasteiger charge is 2.07. The van der Waals surface area contributed by atoms with Crippen LogP contribution in [0.25, 0.3) is 0 Å². The summed E-state index contributed by atoms with van der Waals surface area (Å²) in [5.41, 5.74) is 4.32. The third-order valence-electron chi connectivity index (χ3n) is 3.55. The molecule has 0 unspecified atom stereocenters. The number of rotatable bonds is 6. The van der Waals surface area contributed by atoms with Gasteiger partial charge < -0.3 is 5.32 Å². The van der Waals surface area contributed by atoms with Crippen molar-refractivity contribution < 1.29 is 4.39 Å². The van der Waals surface area contributed by atoms with Crippen LogP contribution in [-0.2, 0) is 13.1 Å². The Kier molecular flexibility index (Phi) is 5.12. The zero-order chi connectivity index (χ0) is 15.4. The van der Waals surface area contributed by atoms with Crippen LogP contribution in [0.5, 0.6) is 0 Å². The average molecular weight is 289 g/mol. The van der Waals surface area contributed by atoms with Gasteiger partial charge in [-0.2, -0.15) is 5.10 Å². The van der Waals surface area contributed by atoms with E-state index in [2.05, 4.69) is 30.5 Å². The first-order valence-electron chi connectivity index (χ1n) is 7.44. The van der Waals surface area contributed by atoms with Crippen molar-refractivity contribution in [1.29, 1.82) is 0 Å². The molecule has 2 rings (SSSR count). The molecular weight excluding hydrogens is 265 g/mol. The first kappa shape index (κ1) is 15.7. The zero-order valence-electron chi connectivity index (χ0n) is 13.3. The van der Waals surface area contributed by atoms with Crippen LogP contribution in [0.2, 0.25) is 0 Å². The molecular formula is C17H24FN3. The lowest BCUT2D eigenvalue weighted by Gasteiger charge is -2.06. The number of nitrogens with one attached hydrogen (secondary N) is 1. The van der Waals surface area contributed by atoms with E-state index in [0.29, 0.717) is 12.5 Å². The van der Waals surface area contributed by atoms with Crippen molar-refractivity contribution in [2.24, 2.45) is 5.92 Å². The Morgan fingerprint density at radius 2 is 2.00 bits per heavy atom. The molecule has 4 heteroatoms. The van der Waals surface area contributed by atoms with Crippen molar-refractivity contribution in [1.82, 2.24) is 15.1 Å². The van der Waals surface area contributed by atoms with E-state index in [1.807, 2.05) is 24.6 Å². The summed E-state index contributed by atoms with van der Waals surface area (Å²) < 4.78 is 15.1. The van der Waals surface area contributed by atoms with Crippen LogP contribution in [0, 0.1) is 25.6 Å². The molecule has 0 fully saturated rings. The molecule has 1 N–H and O–H groups in total. The minimum absolute atomic E-state index is 0.188. The van der Waals surface area contributed by atoms with E-state index in [4.69, 9.17) is 0 Å². The van der Waals surface area contributed by atoms with Crippen LogP contribution < -0.4 is 5.32 Å². The molecule has 0 radical (unpaired) electrons. The van der Waals surface area contributed by atoms with E-state index in [-0.39, 0.29) is 5.82 Å². The number of hydrogen-bond acceptors (Lipinski definition) is 2. The van der Waals surface area contributed by atoms with Gasteiger partial charge in [-0.1, -0.05) is 19.9 Å². The summed E-state index contributed by atoms with van der Waals surface area (Å²) in [5.74, 6) is 0.452. The highest BCUT2D eigenvalue weighted by atomic mass is 19.1. The van der Waals surface area contributed by atoms with Crippen molar-refractivity contribution >= 4 is 0 Å². The van der Waals surface area contributed by atoms with Gasteiger partial charge in [0.25, 0.3) is 0 Å². The highest BCUT2D eigenvalue weighted by Crippen LogP contribution is 2.13. The molecule has 1 heterocycles. The number of halogens is 1. The standard InChI is InChI=1S/C17H24FN3/c1-12(2)8-19-9-16-11-21(20-14(16)4)10-15-5-6-17(18)7-13(15)3/h5-7,11-12,19H,8-10H2,1-4H3. The summed E-state index contributed by atoms with van der Waals surface area (Å²) in [6.45, 7) is 10.9. The SMILES string of the molecule is Cc1cc(F)ccc1Cn1cc(CNCC(C)C)c(C)n1. The second-order valence-electron chi connectivity index (χ2n) is 6.03. The minimum Gasteiger partial charge on any atom is -0.312 e. The van der Waals surface area contributed by atoms with Crippen molar-refractivity contribution in [2.45, 2.75) is 40.8 Å². The quantitative estimate of drug-likeness (QED) is 0.883. The summed E-state index contributed by atoms with van der Waals surface area (Å²) in [6, 6.07) is 4.90. The molecule has 0 aliphatic rings. The number of benzene rings is 1. The molecule has 3 nitrogen and oxygen atoms in total. The zero-order valence-corrected chi connectivity index (χ0v) is 13.3. The summed E-state index contributed by atoms with van der Waals surface area (Å²) >= 11 is 0. The maximum absolute atomic E-state index is 13.1. The van der Waals surface area contributed by atoms with Crippen molar-refractivity contribution in [2.75, 3.05) is 6.54 Å². The summed E-state index contributed by atoms with van der Waals surface area (Å²) in [4.78, 5) is 0. The van der Waals surface area contributed by atoms with Crippen molar-refractivity contribution in [3.05, 3.63) is 52.6 Å². The Morgan fingerprint density at radius 1 is 1.24 bits per heavy atom. The Labute approximate surface area is 126 Å². The average Bonchev–Trinajstić information content (AvgIpc) is 2.73. The summed E-state index contributed by atoms with van der Waals surface area (Å²) in [5, 5.41) is 7.99. The second-order valence-corrected chi connectivity index (χ2v) is 6.03. The van der Waals surface area contributed by atoms with Gasteiger partial charge in [-0.15, -0.1) is 0 Å². The van der Waals surface area contributed by atoms with Gasteiger partial charge in [0.05, 0.1) is 12.2 Å². The van der Waals surface area contributed by atoms with E-state index < -0.39 is 0 Å². The van der Waals surface area contributed by atoms with Gasteiger partial charge in [0, 0.05) is 18.3 Å². The first-order valence-corrected chi connectivity index (χ1v) is 7.44. The van der Waals surface area contributed by atoms with Crippen LogP contribution in [-0.4, -0.2) is 16.3 Å². The number of aryl methyl sites for hydroxylation is 2. The normalized spacial score (nSPS) is 11.3. The fourth-order valence-electron chi connectivity index (χ4n) is 2.32. The predicted molar refractivity (Wildman–Crippen MR) is 83.7 cm³/mol. The molecule has 0 saturated heterocycles. The lowest BCUT2D eigenvalue weighted by atomic mass is 10.1. The molecule has 1 aromatic carbocycles. The maximum Gasteiger partial charge on any atom is 0.123 e. The summed E-state index contributed by atoms with van der Waals surface area (Å²) in [6.07, 6.45) is 2.07. The molecule has 0 atom stereocenters. The lowest BCUT2D eigenvalue weighted by molar-refractivity contribution is 0.551. The molecule has 2 aromatic rings. The first-order chi connectivity index (χ1) is 9.95. The number of hydrogen-bond donors (Lipinski definition) is 1. The summed E-state index contributed by atoms with van der Waals surface area (Å²) in [7, 11) is 0. The molecule has 0 aliphatic heterocycles. The lowest BCUT2D eigenvalue weighted by Crippen LogP contribution is -2.19. The minimum atomic E-state index is -0.188. The second kappa shape index (κ2) is 6.85. The Balaban J connectivity index is 2.04. The van der Waals surface area contributed by atoms with Crippen LogP contribution >= 0.6 is 0 Å². The fourth-order valence-corrected chi connectivity index (χ4v) is 2.32. The fraction of sp³-hybridized carbons (Fsp3) is 0.471. The van der Waals surface area contributed by atoms with Gasteiger partial charge in [0.1, 0.15) is 5.82 Å². The molecule has 1 aromatic heterocycles. The van der Waals surface area contributed by atoms with E-state index in [0.717, 1.165) is 29.9 Å². The Bertz CT molecular complexity index is 602. The van der Waals surface area contributed by atoms with Gasteiger partial charge in [-0.3, -0.25) is 4.68 Å². The van der Waals surface area contributed by atoms with Gasteiger partial charge >= 0.3 is 0 Å². The van der Waals surface area contributed by atoms with E-state index in [1.165, 1.54) is 11.6 Å². The maximum atomic E-state index is 13.1. The van der Waals surface area contributed by atoms with Gasteiger partial charge in [-0.05, 0) is 49.6 Å². The van der Waals surface area contributed by atoms with Gasteiger partial charge in [-0.25, -0.2) is 4.39 Å². The van der Waals surface area contributed by atoms with E-state index in [1.54, 1.807) is 6.07 Å². The molecule has 21 heavy (non-hydrogen) atoms. The van der Waals surface area contributed by atoms with Crippen molar-refractivity contribution in [3.63, 3.8) is 0 Å². The highest BCUT2D eigenvalue weighted by molar-refractivity contribution is 5.27. The third-order valence-corrected chi connectivity index (χ3v) is 3.55. The van der Waals surface area contributed by atoms with Crippen LogP contribution in [0.15, 0.2) is 24.4 Å². The van der Waals surface area contributed by atoms with Crippen molar-refractivity contribution in [3.8, 4) is 0 Å². The molecule has 0 spiro atoms. The largest absolute Gasteiger partial charge is 0.312 e. The molecule has 114 valence electrons. The van der Waals surface area contributed by atoms with Crippen LogP contribution in [0.3, 0.4) is 0 Å². The van der Waals surface area contributed by atoms with Gasteiger partial charge in [0.2, 0.25) is 0 Å². The molecule has 0 amide bonds.